The zero-order valence-corrected chi connectivity index (χ0v) is 11.7. The van der Waals surface area contributed by atoms with Crippen LogP contribution in [0.25, 0.3) is 5.65 Å². The molecule has 0 spiro atoms. The summed E-state index contributed by atoms with van der Waals surface area (Å²) in [6.07, 6.45) is 2.76. The van der Waals surface area contributed by atoms with Crippen molar-refractivity contribution in [1.82, 2.24) is 9.38 Å². The molecule has 0 amide bonds. The molecule has 2 heterocycles. The third-order valence-electron chi connectivity index (χ3n) is 2.88. The Morgan fingerprint density at radius 3 is 2.67 bits per heavy atom. The Bertz CT molecular complexity index is 860. The quantitative estimate of drug-likeness (QED) is 0.349. The van der Waals surface area contributed by atoms with Gasteiger partial charge in [-0.25, -0.2) is 4.98 Å². The second-order valence-electron chi connectivity index (χ2n) is 4.22. The molecule has 0 atom stereocenters. The van der Waals surface area contributed by atoms with Gasteiger partial charge in [-0.15, -0.1) is 0 Å². The van der Waals surface area contributed by atoms with E-state index in [4.69, 9.17) is 5.21 Å². The normalized spacial score (nSPS) is 11.2. The van der Waals surface area contributed by atoms with E-state index in [-0.39, 0.29) is 11.1 Å². The van der Waals surface area contributed by atoms with Crippen LogP contribution in [0.1, 0.15) is 5.56 Å². The summed E-state index contributed by atoms with van der Waals surface area (Å²) >= 11 is 1.36. The van der Waals surface area contributed by atoms with Crippen LogP contribution >= 0.6 is 11.8 Å². The smallest absolute Gasteiger partial charge is 0.267 e. The molecule has 0 aliphatic carbocycles. The molecule has 21 heavy (non-hydrogen) atoms. The zero-order chi connectivity index (χ0) is 14.7. The lowest BCUT2D eigenvalue weighted by atomic mass is 10.3. The van der Waals surface area contributed by atoms with Crippen LogP contribution in [0.3, 0.4) is 0 Å². The molecule has 0 radical (unpaired) electrons. The maximum Gasteiger partial charge on any atom is 0.267 e. The number of hydrogen-bond acceptors (Lipinski definition) is 5. The van der Waals surface area contributed by atoms with E-state index >= 15 is 0 Å². The van der Waals surface area contributed by atoms with Crippen LogP contribution in [0.4, 0.5) is 0 Å². The van der Waals surface area contributed by atoms with Crippen molar-refractivity contribution in [2.75, 3.05) is 0 Å². The van der Waals surface area contributed by atoms with E-state index in [0.717, 1.165) is 11.1 Å². The Morgan fingerprint density at radius 1 is 1.14 bits per heavy atom. The van der Waals surface area contributed by atoms with Crippen molar-refractivity contribution >= 4 is 23.6 Å². The van der Waals surface area contributed by atoms with Gasteiger partial charge < -0.3 is 5.21 Å². The van der Waals surface area contributed by atoms with Gasteiger partial charge in [0.15, 0.2) is 0 Å². The number of benzene rings is 1. The Labute approximate surface area is 124 Å². The largest absolute Gasteiger partial charge is 0.411 e. The first-order valence-corrected chi connectivity index (χ1v) is 7.03. The minimum Gasteiger partial charge on any atom is -0.411 e. The first-order chi connectivity index (χ1) is 10.3. The van der Waals surface area contributed by atoms with Gasteiger partial charge in [0.2, 0.25) is 0 Å². The number of oxime groups is 1. The minimum absolute atomic E-state index is 0.259. The highest BCUT2D eigenvalue weighted by atomic mass is 32.2. The fraction of sp³-hybridized carbons (Fsp3) is 0. The second kappa shape index (κ2) is 5.80. The third kappa shape index (κ3) is 2.66. The first-order valence-electron chi connectivity index (χ1n) is 6.21. The minimum atomic E-state index is -0.267. The maximum absolute atomic E-state index is 12.4. The summed E-state index contributed by atoms with van der Waals surface area (Å²) in [6.45, 7) is 0. The fourth-order valence-corrected chi connectivity index (χ4v) is 2.83. The van der Waals surface area contributed by atoms with Gasteiger partial charge in [-0.05, 0) is 24.3 Å². The Hall–Kier alpha value is -2.60. The molecule has 3 aromatic rings. The summed E-state index contributed by atoms with van der Waals surface area (Å²) in [5.41, 5.74) is 0.544. The summed E-state index contributed by atoms with van der Waals surface area (Å²) in [5, 5.41) is 12.3. The van der Waals surface area contributed by atoms with Crippen LogP contribution in [0.5, 0.6) is 0 Å². The molecule has 0 fully saturated rings. The Kier molecular flexibility index (Phi) is 3.70. The van der Waals surface area contributed by atoms with Crippen molar-refractivity contribution in [1.29, 1.82) is 0 Å². The number of rotatable bonds is 3. The molecule has 0 aliphatic rings. The molecule has 0 unspecified atom stereocenters. The molecule has 104 valence electrons. The van der Waals surface area contributed by atoms with Gasteiger partial charge in [0.05, 0.1) is 11.8 Å². The predicted molar refractivity (Wildman–Crippen MR) is 81.4 cm³/mol. The van der Waals surface area contributed by atoms with E-state index in [0.29, 0.717) is 10.7 Å². The van der Waals surface area contributed by atoms with Crippen molar-refractivity contribution in [3.8, 4) is 0 Å². The lowest BCUT2D eigenvalue weighted by Crippen LogP contribution is -2.20. The highest BCUT2D eigenvalue weighted by molar-refractivity contribution is 7.99. The zero-order valence-electron chi connectivity index (χ0n) is 10.9. The topological polar surface area (TPSA) is 67.0 Å². The van der Waals surface area contributed by atoms with Crippen LogP contribution in [0.15, 0.2) is 74.6 Å². The lowest BCUT2D eigenvalue weighted by Gasteiger charge is -2.07. The van der Waals surface area contributed by atoms with Crippen LogP contribution < -0.4 is 5.56 Å². The summed E-state index contributed by atoms with van der Waals surface area (Å²) in [5.74, 6) is 0. The molecule has 1 aromatic carbocycles. The molecule has 3 rings (SSSR count). The highest BCUT2D eigenvalue weighted by Crippen LogP contribution is 2.27. The molecular formula is C15H11N3O2S. The van der Waals surface area contributed by atoms with E-state index in [2.05, 4.69) is 10.1 Å². The molecular weight excluding hydrogens is 286 g/mol. The molecule has 6 heteroatoms. The monoisotopic (exact) mass is 297 g/mol. The number of hydrogen-bond donors (Lipinski definition) is 1. The van der Waals surface area contributed by atoms with Gasteiger partial charge in [0, 0.05) is 11.1 Å². The average molecular weight is 297 g/mol. The van der Waals surface area contributed by atoms with Crippen molar-refractivity contribution < 1.29 is 5.21 Å². The van der Waals surface area contributed by atoms with Crippen molar-refractivity contribution in [2.24, 2.45) is 5.16 Å². The molecule has 0 saturated heterocycles. The fourth-order valence-electron chi connectivity index (χ4n) is 1.93. The van der Waals surface area contributed by atoms with E-state index in [9.17, 15) is 4.79 Å². The first kappa shape index (κ1) is 13.4. The summed E-state index contributed by atoms with van der Waals surface area (Å²) in [7, 11) is 0. The van der Waals surface area contributed by atoms with Gasteiger partial charge in [-0.3, -0.25) is 9.20 Å². The van der Waals surface area contributed by atoms with E-state index < -0.39 is 0 Å². The van der Waals surface area contributed by atoms with Crippen LogP contribution in [0.2, 0.25) is 0 Å². The van der Waals surface area contributed by atoms with Gasteiger partial charge in [-0.1, -0.05) is 41.2 Å². The third-order valence-corrected chi connectivity index (χ3v) is 3.89. The number of fused-ring (bicyclic) bond motifs is 1. The summed E-state index contributed by atoms with van der Waals surface area (Å²) < 4.78 is 1.42. The predicted octanol–water partition coefficient (Wildman–Crippen LogP) is 2.65. The Morgan fingerprint density at radius 2 is 1.90 bits per heavy atom. The van der Waals surface area contributed by atoms with E-state index in [1.165, 1.54) is 16.2 Å². The van der Waals surface area contributed by atoms with Gasteiger partial charge >= 0.3 is 0 Å². The molecule has 0 saturated carbocycles. The maximum atomic E-state index is 12.4. The average Bonchev–Trinajstić information content (AvgIpc) is 2.52. The standard InChI is InChI=1S/C15H11N3O2S/c19-15-12(10-16-20)14(21-11-6-2-1-3-7-11)17-13-8-4-5-9-18(13)15/h1-10,20H/b16-10+. The second-order valence-corrected chi connectivity index (χ2v) is 5.29. The van der Waals surface area contributed by atoms with Crippen LogP contribution in [-0.2, 0) is 0 Å². The van der Waals surface area contributed by atoms with Gasteiger partial charge in [0.25, 0.3) is 5.56 Å². The van der Waals surface area contributed by atoms with Gasteiger partial charge in [-0.2, -0.15) is 0 Å². The van der Waals surface area contributed by atoms with Crippen molar-refractivity contribution in [3.63, 3.8) is 0 Å². The summed E-state index contributed by atoms with van der Waals surface area (Å²) in [4.78, 5) is 17.9. The summed E-state index contributed by atoms with van der Waals surface area (Å²) in [6, 6.07) is 14.9. The van der Waals surface area contributed by atoms with Gasteiger partial charge in [0.1, 0.15) is 10.7 Å². The molecule has 5 nitrogen and oxygen atoms in total. The molecule has 2 aromatic heterocycles. The van der Waals surface area contributed by atoms with E-state index in [1.54, 1.807) is 18.3 Å². The molecule has 0 bridgehead atoms. The van der Waals surface area contributed by atoms with Crippen molar-refractivity contribution in [2.45, 2.75) is 9.92 Å². The van der Waals surface area contributed by atoms with Crippen LogP contribution in [-0.4, -0.2) is 20.8 Å². The SMILES string of the molecule is O=c1c(/C=N/O)c(Sc2ccccc2)nc2ccccn12. The van der Waals surface area contributed by atoms with Crippen molar-refractivity contribution in [3.05, 3.63) is 70.6 Å². The van der Waals surface area contributed by atoms with Crippen LogP contribution in [0, 0.1) is 0 Å². The highest BCUT2D eigenvalue weighted by Gasteiger charge is 2.12. The number of nitrogens with zero attached hydrogens (tertiary/aromatic N) is 3. The molecule has 1 N–H and O–H groups in total. The number of aromatic nitrogens is 2. The number of pyridine rings is 1. The Balaban J connectivity index is 2.20. The molecule has 0 aliphatic heterocycles. The van der Waals surface area contributed by atoms with E-state index in [1.807, 2.05) is 36.4 Å². The lowest BCUT2D eigenvalue weighted by molar-refractivity contribution is 0.321.